The monoisotopic (exact) mass is 141 g/mol. The van der Waals surface area contributed by atoms with Gasteiger partial charge in [-0.3, -0.25) is 4.79 Å². The summed E-state index contributed by atoms with van der Waals surface area (Å²) in [6.07, 6.45) is 4.16. The second-order valence-electron chi connectivity index (χ2n) is 1.55. The molecule has 0 aromatic rings. The number of hydrogen-bond donors (Lipinski definition) is 1. The molecular weight excluding hydrogens is 133 g/mol. The first-order chi connectivity index (χ1) is 4.70. The van der Waals surface area contributed by atoms with Crippen LogP contribution < -0.4 is 5.73 Å². The molecule has 0 rings (SSSR count). The molecule has 0 saturated heterocycles. The van der Waals surface area contributed by atoms with Gasteiger partial charge in [-0.1, -0.05) is 18.7 Å². The van der Waals surface area contributed by atoms with Crippen LogP contribution in [0, 0.1) is 0 Å². The number of rotatable bonds is 3. The SMILES string of the molecule is C=C/C=C(C=O)\C=C(/N)F. The van der Waals surface area contributed by atoms with Gasteiger partial charge in [-0.15, -0.1) is 0 Å². The molecule has 2 nitrogen and oxygen atoms in total. The molecule has 0 aliphatic heterocycles. The predicted octanol–water partition coefficient (Wildman–Crippen LogP) is 1.07. The third-order valence-corrected chi connectivity index (χ3v) is 0.751. The molecule has 0 aliphatic rings. The Morgan fingerprint density at radius 3 is 2.50 bits per heavy atom. The summed E-state index contributed by atoms with van der Waals surface area (Å²) in [5.41, 5.74) is 4.82. The molecule has 0 fully saturated rings. The molecule has 0 bridgehead atoms. The number of halogens is 1. The molecule has 0 amide bonds. The predicted molar refractivity (Wildman–Crippen MR) is 37.7 cm³/mol. The van der Waals surface area contributed by atoms with Gasteiger partial charge in [-0.2, -0.15) is 4.39 Å². The van der Waals surface area contributed by atoms with E-state index in [2.05, 4.69) is 12.3 Å². The number of nitrogens with two attached hydrogens (primary N) is 1. The van der Waals surface area contributed by atoms with Gasteiger partial charge < -0.3 is 5.73 Å². The maximum Gasteiger partial charge on any atom is 0.185 e. The van der Waals surface area contributed by atoms with Crippen molar-refractivity contribution < 1.29 is 9.18 Å². The Hall–Kier alpha value is -1.38. The number of hydrogen-bond acceptors (Lipinski definition) is 2. The number of carbonyl (C=O) groups excluding carboxylic acids is 1. The zero-order valence-corrected chi connectivity index (χ0v) is 5.38. The van der Waals surface area contributed by atoms with Gasteiger partial charge in [0.05, 0.1) is 0 Å². The average molecular weight is 141 g/mol. The Morgan fingerprint density at radius 1 is 1.60 bits per heavy atom. The first-order valence-electron chi connectivity index (χ1n) is 2.61. The summed E-state index contributed by atoms with van der Waals surface area (Å²) in [6, 6.07) is 0. The molecule has 0 saturated carbocycles. The fourth-order valence-corrected chi connectivity index (χ4v) is 0.417. The fourth-order valence-electron chi connectivity index (χ4n) is 0.417. The maximum atomic E-state index is 11.9. The Bertz CT molecular complexity index is 190. The molecule has 0 aromatic heterocycles. The topological polar surface area (TPSA) is 43.1 Å². The van der Waals surface area contributed by atoms with E-state index in [4.69, 9.17) is 0 Å². The lowest BCUT2D eigenvalue weighted by Crippen LogP contribution is -1.90. The summed E-state index contributed by atoms with van der Waals surface area (Å²) in [6.45, 7) is 3.33. The summed E-state index contributed by atoms with van der Waals surface area (Å²) < 4.78 is 11.9. The van der Waals surface area contributed by atoms with E-state index in [-0.39, 0.29) is 5.57 Å². The van der Waals surface area contributed by atoms with Crippen LogP contribution in [0.15, 0.2) is 36.3 Å². The Balaban J connectivity index is 4.37. The lowest BCUT2D eigenvalue weighted by molar-refractivity contribution is -0.104. The molecule has 0 radical (unpaired) electrons. The molecule has 0 heterocycles. The molecule has 0 aliphatic carbocycles. The van der Waals surface area contributed by atoms with Crippen LogP contribution in [0.1, 0.15) is 0 Å². The molecular formula is C7H8FNO. The number of allylic oxidation sites excluding steroid dienone is 4. The molecule has 10 heavy (non-hydrogen) atoms. The molecule has 0 atom stereocenters. The van der Waals surface area contributed by atoms with E-state index >= 15 is 0 Å². The van der Waals surface area contributed by atoms with Crippen molar-refractivity contribution in [2.45, 2.75) is 0 Å². The van der Waals surface area contributed by atoms with Crippen molar-refractivity contribution in [3.8, 4) is 0 Å². The highest BCUT2D eigenvalue weighted by Crippen LogP contribution is 1.95. The Morgan fingerprint density at radius 2 is 2.20 bits per heavy atom. The van der Waals surface area contributed by atoms with Crippen LogP contribution in [-0.4, -0.2) is 6.29 Å². The highest BCUT2D eigenvalue weighted by atomic mass is 19.1. The molecule has 0 spiro atoms. The van der Waals surface area contributed by atoms with Crippen LogP contribution >= 0.6 is 0 Å². The van der Waals surface area contributed by atoms with Gasteiger partial charge in [0.2, 0.25) is 0 Å². The van der Waals surface area contributed by atoms with E-state index in [1.807, 2.05) is 0 Å². The van der Waals surface area contributed by atoms with E-state index in [1.165, 1.54) is 12.2 Å². The molecule has 2 N–H and O–H groups in total. The third kappa shape index (κ3) is 3.60. The largest absolute Gasteiger partial charge is 0.376 e. The molecule has 0 aromatic carbocycles. The van der Waals surface area contributed by atoms with Gasteiger partial charge in [0.15, 0.2) is 5.95 Å². The van der Waals surface area contributed by atoms with Crippen molar-refractivity contribution in [2.24, 2.45) is 5.73 Å². The van der Waals surface area contributed by atoms with E-state index in [0.29, 0.717) is 6.29 Å². The smallest absolute Gasteiger partial charge is 0.185 e. The fraction of sp³-hybridized carbons (Fsp3) is 0. The highest BCUT2D eigenvalue weighted by molar-refractivity contribution is 5.78. The number of carbonyl (C=O) groups is 1. The van der Waals surface area contributed by atoms with Gasteiger partial charge in [0, 0.05) is 11.6 Å². The van der Waals surface area contributed by atoms with E-state index in [1.54, 1.807) is 0 Å². The van der Waals surface area contributed by atoms with Crippen molar-refractivity contribution >= 4 is 6.29 Å². The molecule has 0 unspecified atom stereocenters. The second-order valence-corrected chi connectivity index (χ2v) is 1.55. The zero-order valence-electron chi connectivity index (χ0n) is 5.38. The summed E-state index contributed by atoms with van der Waals surface area (Å²) in [7, 11) is 0. The van der Waals surface area contributed by atoms with Crippen LogP contribution in [0.3, 0.4) is 0 Å². The van der Waals surface area contributed by atoms with E-state index in [9.17, 15) is 9.18 Å². The lowest BCUT2D eigenvalue weighted by atomic mass is 10.2. The van der Waals surface area contributed by atoms with Crippen LogP contribution in [0.5, 0.6) is 0 Å². The maximum absolute atomic E-state index is 11.9. The minimum absolute atomic E-state index is 0.162. The second kappa shape index (κ2) is 4.49. The van der Waals surface area contributed by atoms with Gasteiger partial charge in [-0.05, 0) is 0 Å². The molecule has 54 valence electrons. The van der Waals surface area contributed by atoms with Gasteiger partial charge >= 0.3 is 0 Å². The van der Waals surface area contributed by atoms with Crippen molar-refractivity contribution in [2.75, 3.05) is 0 Å². The summed E-state index contributed by atoms with van der Waals surface area (Å²) in [5.74, 6) is -0.889. The summed E-state index contributed by atoms with van der Waals surface area (Å²) >= 11 is 0. The average Bonchev–Trinajstić information content (AvgIpc) is 1.86. The van der Waals surface area contributed by atoms with E-state index < -0.39 is 5.95 Å². The third-order valence-electron chi connectivity index (χ3n) is 0.751. The van der Waals surface area contributed by atoms with Crippen LogP contribution in [0.2, 0.25) is 0 Å². The van der Waals surface area contributed by atoms with Crippen molar-refractivity contribution in [3.63, 3.8) is 0 Å². The quantitative estimate of drug-likeness (QED) is 0.276. The summed E-state index contributed by atoms with van der Waals surface area (Å²) in [4.78, 5) is 10.0. The highest BCUT2D eigenvalue weighted by Gasteiger charge is 1.88. The standard InChI is InChI=1S/C7H8FNO/c1-2-3-6(5-10)4-7(8)9/h2-5H,1,9H2/b6-3+,7-4-. The van der Waals surface area contributed by atoms with Gasteiger partial charge in [-0.25, -0.2) is 0 Å². The van der Waals surface area contributed by atoms with Gasteiger partial charge in [0.25, 0.3) is 0 Å². The summed E-state index contributed by atoms with van der Waals surface area (Å²) in [5, 5.41) is 0. The van der Waals surface area contributed by atoms with Gasteiger partial charge in [0.1, 0.15) is 6.29 Å². The minimum atomic E-state index is -0.889. The Kier molecular flexibility index (Phi) is 3.87. The van der Waals surface area contributed by atoms with Crippen molar-refractivity contribution in [3.05, 3.63) is 36.3 Å². The normalized spacial score (nSPS) is 12.9. The first kappa shape index (κ1) is 8.62. The zero-order chi connectivity index (χ0) is 7.98. The van der Waals surface area contributed by atoms with Crippen LogP contribution in [0.25, 0.3) is 0 Å². The van der Waals surface area contributed by atoms with Crippen LogP contribution in [-0.2, 0) is 4.79 Å². The van der Waals surface area contributed by atoms with E-state index in [0.717, 1.165) is 6.08 Å². The lowest BCUT2D eigenvalue weighted by Gasteiger charge is -1.85. The number of aldehydes is 1. The molecule has 3 heteroatoms. The first-order valence-corrected chi connectivity index (χ1v) is 2.61. The van der Waals surface area contributed by atoms with Crippen molar-refractivity contribution in [1.82, 2.24) is 0 Å². The Labute approximate surface area is 58.5 Å². The minimum Gasteiger partial charge on any atom is -0.376 e. The van der Waals surface area contributed by atoms with Crippen LogP contribution in [0.4, 0.5) is 4.39 Å². The van der Waals surface area contributed by atoms with Crippen molar-refractivity contribution in [1.29, 1.82) is 0 Å².